The fraction of sp³-hybridized carbons (Fsp3) is 0.267. The van der Waals surface area contributed by atoms with E-state index in [4.69, 9.17) is 4.42 Å². The van der Waals surface area contributed by atoms with E-state index in [-0.39, 0.29) is 17.3 Å². The minimum atomic E-state index is -0.536. The third kappa shape index (κ3) is 3.10. The number of nitro groups is 1. The summed E-state index contributed by atoms with van der Waals surface area (Å²) in [5.41, 5.74) is 0.335. The molecule has 1 N–H and O–H groups in total. The Bertz CT molecular complexity index is 691. The van der Waals surface area contributed by atoms with Crippen molar-refractivity contribution < 1.29 is 14.1 Å². The molecule has 1 unspecified atom stereocenters. The summed E-state index contributed by atoms with van der Waals surface area (Å²) in [4.78, 5) is 22.8. The van der Waals surface area contributed by atoms with E-state index < -0.39 is 10.8 Å². The van der Waals surface area contributed by atoms with Gasteiger partial charge in [0.2, 0.25) is 0 Å². The predicted octanol–water partition coefficient (Wildman–Crippen LogP) is 3.30. The molecule has 1 aromatic carbocycles. The number of carbonyl (C=O) groups is 1. The first kappa shape index (κ1) is 14.8. The van der Waals surface area contributed by atoms with Gasteiger partial charge in [-0.25, -0.2) is 0 Å². The Labute approximate surface area is 121 Å². The van der Waals surface area contributed by atoms with Gasteiger partial charge in [0.05, 0.1) is 11.0 Å². The number of carbonyl (C=O) groups excluding carboxylic acids is 1. The van der Waals surface area contributed by atoms with Gasteiger partial charge in [-0.3, -0.25) is 14.9 Å². The van der Waals surface area contributed by atoms with Gasteiger partial charge in [-0.2, -0.15) is 0 Å². The molecule has 0 saturated carbocycles. The van der Waals surface area contributed by atoms with Crippen molar-refractivity contribution in [3.63, 3.8) is 0 Å². The third-order valence-corrected chi connectivity index (χ3v) is 3.20. The van der Waals surface area contributed by atoms with Crippen molar-refractivity contribution in [2.75, 3.05) is 0 Å². The zero-order valence-corrected chi connectivity index (χ0v) is 12.0. The highest BCUT2D eigenvalue weighted by molar-refractivity contribution is 5.98. The molecule has 21 heavy (non-hydrogen) atoms. The number of amides is 1. The molecule has 0 fully saturated rings. The standard InChI is InChI=1S/C15H16N2O4/c1-9-5-4-6-12(14(9)17(19)20)15(18)16-11(3)13-8-7-10(2)21-13/h4-8,11H,1-3H3,(H,16,18). The van der Waals surface area contributed by atoms with Crippen molar-refractivity contribution in [2.45, 2.75) is 26.8 Å². The van der Waals surface area contributed by atoms with Crippen LogP contribution < -0.4 is 5.32 Å². The largest absolute Gasteiger partial charge is 0.464 e. The molecule has 1 atom stereocenters. The number of furan rings is 1. The molecule has 6 nitrogen and oxygen atoms in total. The molecule has 6 heteroatoms. The first-order valence-corrected chi connectivity index (χ1v) is 6.51. The first-order valence-electron chi connectivity index (χ1n) is 6.51. The lowest BCUT2D eigenvalue weighted by Gasteiger charge is -2.12. The minimum absolute atomic E-state index is 0.0510. The van der Waals surface area contributed by atoms with Gasteiger partial charge in [-0.05, 0) is 39.0 Å². The maximum absolute atomic E-state index is 12.3. The van der Waals surface area contributed by atoms with Gasteiger partial charge >= 0.3 is 0 Å². The number of nitrogens with one attached hydrogen (secondary N) is 1. The number of nitrogens with zero attached hydrogens (tertiary/aromatic N) is 1. The van der Waals surface area contributed by atoms with Crippen molar-refractivity contribution in [3.8, 4) is 0 Å². The van der Waals surface area contributed by atoms with Crippen LogP contribution in [0.4, 0.5) is 5.69 Å². The lowest BCUT2D eigenvalue weighted by Crippen LogP contribution is -2.27. The Morgan fingerprint density at radius 3 is 2.57 bits per heavy atom. The van der Waals surface area contributed by atoms with Crippen LogP contribution in [0.3, 0.4) is 0 Å². The van der Waals surface area contributed by atoms with Crippen LogP contribution in [0.5, 0.6) is 0 Å². The molecule has 1 aromatic heterocycles. The number of para-hydroxylation sites is 1. The molecule has 0 aliphatic carbocycles. The summed E-state index contributed by atoms with van der Waals surface area (Å²) < 4.78 is 5.43. The highest BCUT2D eigenvalue weighted by Crippen LogP contribution is 2.24. The van der Waals surface area contributed by atoms with Crippen LogP contribution in [-0.2, 0) is 0 Å². The molecule has 0 saturated heterocycles. The lowest BCUT2D eigenvalue weighted by atomic mass is 10.1. The van der Waals surface area contributed by atoms with Crippen molar-refractivity contribution >= 4 is 11.6 Å². The normalized spacial score (nSPS) is 12.0. The second kappa shape index (κ2) is 5.78. The van der Waals surface area contributed by atoms with Gasteiger partial charge < -0.3 is 9.73 Å². The highest BCUT2D eigenvalue weighted by atomic mass is 16.6. The maximum Gasteiger partial charge on any atom is 0.285 e. The molecule has 110 valence electrons. The molecule has 0 bridgehead atoms. The van der Waals surface area contributed by atoms with Crippen LogP contribution >= 0.6 is 0 Å². The second-order valence-electron chi connectivity index (χ2n) is 4.87. The van der Waals surface area contributed by atoms with E-state index in [1.165, 1.54) is 6.07 Å². The van der Waals surface area contributed by atoms with E-state index in [2.05, 4.69) is 5.32 Å². The van der Waals surface area contributed by atoms with E-state index in [9.17, 15) is 14.9 Å². The summed E-state index contributed by atoms with van der Waals surface area (Å²) in [6, 6.07) is 7.87. The van der Waals surface area contributed by atoms with Crippen LogP contribution in [0.25, 0.3) is 0 Å². The molecule has 2 rings (SSSR count). The number of aryl methyl sites for hydroxylation is 2. The molecule has 2 aromatic rings. The summed E-state index contributed by atoms with van der Waals surface area (Å²) in [5, 5.41) is 13.8. The van der Waals surface area contributed by atoms with Gasteiger partial charge in [0, 0.05) is 5.56 Å². The Morgan fingerprint density at radius 2 is 2.00 bits per heavy atom. The molecule has 1 heterocycles. The van der Waals surface area contributed by atoms with E-state index in [1.54, 1.807) is 38.1 Å². The zero-order chi connectivity index (χ0) is 15.6. The van der Waals surface area contributed by atoms with Crippen LogP contribution in [0, 0.1) is 24.0 Å². The van der Waals surface area contributed by atoms with E-state index >= 15 is 0 Å². The summed E-state index contributed by atoms with van der Waals surface area (Å²) in [6.45, 7) is 5.18. The monoisotopic (exact) mass is 288 g/mol. The number of hydrogen-bond donors (Lipinski definition) is 1. The Kier molecular flexibility index (Phi) is 4.07. The van der Waals surface area contributed by atoms with Gasteiger partial charge in [-0.1, -0.05) is 12.1 Å². The van der Waals surface area contributed by atoms with Crippen molar-refractivity contribution in [1.29, 1.82) is 0 Å². The van der Waals surface area contributed by atoms with Crippen LogP contribution in [0.2, 0.25) is 0 Å². The lowest BCUT2D eigenvalue weighted by molar-refractivity contribution is -0.385. The summed E-state index contributed by atoms with van der Waals surface area (Å²) in [6.07, 6.45) is 0. The van der Waals surface area contributed by atoms with Crippen LogP contribution in [0.15, 0.2) is 34.7 Å². The quantitative estimate of drug-likeness (QED) is 0.691. The minimum Gasteiger partial charge on any atom is -0.464 e. The molecular weight excluding hydrogens is 272 g/mol. The maximum atomic E-state index is 12.3. The Balaban J connectivity index is 2.25. The smallest absolute Gasteiger partial charge is 0.285 e. The molecular formula is C15H16N2O4. The first-order chi connectivity index (χ1) is 9.90. The number of rotatable bonds is 4. The van der Waals surface area contributed by atoms with E-state index in [0.29, 0.717) is 11.3 Å². The second-order valence-corrected chi connectivity index (χ2v) is 4.87. The third-order valence-electron chi connectivity index (χ3n) is 3.20. The van der Waals surface area contributed by atoms with Crippen molar-refractivity contribution in [2.24, 2.45) is 0 Å². The fourth-order valence-corrected chi connectivity index (χ4v) is 2.12. The number of nitro benzene ring substituents is 1. The molecule has 0 aliphatic rings. The van der Waals surface area contributed by atoms with Crippen molar-refractivity contribution in [1.82, 2.24) is 5.32 Å². The van der Waals surface area contributed by atoms with Gasteiger partial charge in [0.15, 0.2) is 0 Å². The van der Waals surface area contributed by atoms with Gasteiger partial charge in [0.25, 0.3) is 11.6 Å². The summed E-state index contributed by atoms with van der Waals surface area (Å²) in [7, 11) is 0. The number of hydrogen-bond acceptors (Lipinski definition) is 4. The zero-order valence-electron chi connectivity index (χ0n) is 12.0. The Morgan fingerprint density at radius 1 is 1.29 bits per heavy atom. The number of benzene rings is 1. The SMILES string of the molecule is Cc1ccc(C(C)NC(=O)c2cccc(C)c2[N+](=O)[O-])o1. The van der Waals surface area contributed by atoms with Crippen LogP contribution in [0.1, 0.15) is 40.4 Å². The van der Waals surface area contributed by atoms with Crippen LogP contribution in [-0.4, -0.2) is 10.8 Å². The highest BCUT2D eigenvalue weighted by Gasteiger charge is 2.24. The Hall–Kier alpha value is -2.63. The fourth-order valence-electron chi connectivity index (χ4n) is 2.12. The van der Waals surface area contributed by atoms with Crippen molar-refractivity contribution in [3.05, 3.63) is 63.1 Å². The topological polar surface area (TPSA) is 85.4 Å². The van der Waals surface area contributed by atoms with E-state index in [0.717, 1.165) is 5.76 Å². The molecule has 0 aliphatic heterocycles. The van der Waals surface area contributed by atoms with E-state index in [1.807, 2.05) is 6.92 Å². The summed E-state index contributed by atoms with van der Waals surface area (Å²) >= 11 is 0. The average molecular weight is 288 g/mol. The predicted molar refractivity (Wildman–Crippen MR) is 77.2 cm³/mol. The van der Waals surface area contributed by atoms with Gasteiger partial charge in [0.1, 0.15) is 17.1 Å². The molecule has 1 amide bonds. The van der Waals surface area contributed by atoms with Gasteiger partial charge in [-0.15, -0.1) is 0 Å². The molecule has 0 spiro atoms. The molecule has 0 radical (unpaired) electrons. The summed E-state index contributed by atoms with van der Waals surface area (Å²) in [5.74, 6) is 0.857. The average Bonchev–Trinajstić information content (AvgIpc) is 2.84.